The van der Waals surface area contributed by atoms with Gasteiger partial charge < -0.3 is 10.6 Å². The van der Waals surface area contributed by atoms with Crippen LogP contribution in [0.1, 0.15) is 32.6 Å². The van der Waals surface area contributed by atoms with E-state index in [-0.39, 0.29) is 11.7 Å². The van der Waals surface area contributed by atoms with E-state index in [4.69, 9.17) is 0 Å². The maximum absolute atomic E-state index is 13.6. The standard InChI is InChI=1S/C15H18BrFN2O2/c1-9-2-5-11(6-3-9)18-14(20)15(21)19-13-7-4-10(16)8-12(13)17/h4,7-9,11H,2-3,5-6H2,1H3,(H,18,20)(H,19,21). The zero-order valence-corrected chi connectivity index (χ0v) is 13.4. The van der Waals surface area contributed by atoms with E-state index in [9.17, 15) is 14.0 Å². The van der Waals surface area contributed by atoms with E-state index in [0.717, 1.165) is 25.7 Å². The molecule has 0 heterocycles. The first-order valence-electron chi connectivity index (χ1n) is 7.02. The van der Waals surface area contributed by atoms with E-state index in [0.29, 0.717) is 10.4 Å². The molecule has 114 valence electrons. The molecule has 0 unspecified atom stereocenters. The zero-order valence-electron chi connectivity index (χ0n) is 11.8. The van der Waals surface area contributed by atoms with E-state index in [1.54, 1.807) is 6.07 Å². The van der Waals surface area contributed by atoms with Crippen LogP contribution in [-0.2, 0) is 9.59 Å². The first-order valence-corrected chi connectivity index (χ1v) is 7.82. The Bertz CT molecular complexity index is 542. The monoisotopic (exact) mass is 356 g/mol. The van der Waals surface area contributed by atoms with Crippen LogP contribution in [0.4, 0.5) is 10.1 Å². The van der Waals surface area contributed by atoms with Gasteiger partial charge in [0.2, 0.25) is 0 Å². The number of nitrogens with one attached hydrogen (secondary N) is 2. The molecule has 0 spiro atoms. The van der Waals surface area contributed by atoms with Crippen molar-refractivity contribution >= 4 is 33.4 Å². The number of carbonyl (C=O) groups is 2. The van der Waals surface area contributed by atoms with Gasteiger partial charge in [-0.1, -0.05) is 22.9 Å². The highest BCUT2D eigenvalue weighted by atomic mass is 79.9. The average Bonchev–Trinajstić information content (AvgIpc) is 2.44. The smallest absolute Gasteiger partial charge is 0.313 e. The third-order valence-electron chi connectivity index (χ3n) is 3.74. The largest absolute Gasteiger partial charge is 0.345 e. The molecule has 4 nitrogen and oxygen atoms in total. The van der Waals surface area contributed by atoms with Crippen molar-refractivity contribution in [2.24, 2.45) is 5.92 Å². The van der Waals surface area contributed by atoms with E-state index in [1.165, 1.54) is 12.1 Å². The summed E-state index contributed by atoms with van der Waals surface area (Å²) in [4.78, 5) is 23.6. The van der Waals surface area contributed by atoms with Gasteiger partial charge in [0.05, 0.1) is 5.69 Å². The van der Waals surface area contributed by atoms with Crippen molar-refractivity contribution in [1.29, 1.82) is 0 Å². The molecule has 0 atom stereocenters. The van der Waals surface area contributed by atoms with E-state index >= 15 is 0 Å². The van der Waals surface area contributed by atoms with Crippen molar-refractivity contribution in [2.75, 3.05) is 5.32 Å². The lowest BCUT2D eigenvalue weighted by atomic mass is 9.87. The number of anilines is 1. The highest BCUT2D eigenvalue weighted by Gasteiger charge is 2.23. The summed E-state index contributed by atoms with van der Waals surface area (Å²) in [6, 6.07) is 4.27. The molecule has 0 aromatic heterocycles. The topological polar surface area (TPSA) is 58.2 Å². The highest BCUT2D eigenvalue weighted by Crippen LogP contribution is 2.23. The Balaban J connectivity index is 1.89. The minimum Gasteiger partial charge on any atom is -0.345 e. The van der Waals surface area contributed by atoms with Crippen LogP contribution < -0.4 is 10.6 Å². The minimum atomic E-state index is -0.838. The van der Waals surface area contributed by atoms with Gasteiger partial charge in [0.15, 0.2) is 0 Å². The van der Waals surface area contributed by atoms with Gasteiger partial charge in [-0.05, 0) is 49.8 Å². The van der Waals surface area contributed by atoms with Gasteiger partial charge in [-0.25, -0.2) is 4.39 Å². The van der Waals surface area contributed by atoms with E-state index in [1.807, 2.05) is 0 Å². The first-order chi connectivity index (χ1) is 9.95. The molecule has 1 aromatic carbocycles. The maximum atomic E-state index is 13.6. The van der Waals surface area contributed by atoms with Gasteiger partial charge >= 0.3 is 11.8 Å². The fraction of sp³-hybridized carbons (Fsp3) is 0.467. The molecule has 1 fully saturated rings. The van der Waals surface area contributed by atoms with Crippen molar-refractivity contribution in [3.8, 4) is 0 Å². The fourth-order valence-electron chi connectivity index (χ4n) is 2.43. The van der Waals surface area contributed by atoms with Crippen LogP contribution in [0.5, 0.6) is 0 Å². The van der Waals surface area contributed by atoms with Crippen LogP contribution >= 0.6 is 15.9 Å². The second kappa shape index (κ2) is 7.02. The Morgan fingerprint density at radius 2 is 1.86 bits per heavy atom. The maximum Gasteiger partial charge on any atom is 0.313 e. The summed E-state index contributed by atoms with van der Waals surface area (Å²) in [6.45, 7) is 2.18. The summed E-state index contributed by atoms with van der Waals surface area (Å²) in [5.41, 5.74) is -0.00406. The molecule has 2 N–H and O–H groups in total. The Morgan fingerprint density at radius 3 is 2.48 bits per heavy atom. The van der Waals surface area contributed by atoms with Crippen molar-refractivity contribution < 1.29 is 14.0 Å². The molecule has 1 aliphatic carbocycles. The third kappa shape index (κ3) is 4.52. The number of hydrogen-bond donors (Lipinski definition) is 2. The number of rotatable bonds is 2. The van der Waals surface area contributed by atoms with Crippen LogP contribution in [0.25, 0.3) is 0 Å². The first kappa shape index (κ1) is 15.9. The Hall–Kier alpha value is -1.43. The lowest BCUT2D eigenvalue weighted by Gasteiger charge is -2.26. The summed E-state index contributed by atoms with van der Waals surface area (Å²) in [5, 5.41) is 5.00. The summed E-state index contributed by atoms with van der Waals surface area (Å²) in [7, 11) is 0. The van der Waals surface area contributed by atoms with Crippen molar-refractivity contribution in [3.05, 3.63) is 28.5 Å². The molecule has 1 saturated carbocycles. The molecule has 0 aliphatic heterocycles. The predicted molar refractivity (Wildman–Crippen MR) is 82.3 cm³/mol. The summed E-state index contributed by atoms with van der Waals surface area (Å²) >= 11 is 3.13. The van der Waals surface area contributed by atoms with Crippen molar-refractivity contribution in [3.63, 3.8) is 0 Å². The van der Waals surface area contributed by atoms with Gasteiger partial charge in [-0.2, -0.15) is 0 Å². The molecule has 1 aliphatic rings. The normalized spacial score (nSPS) is 21.7. The second-order valence-corrected chi connectivity index (χ2v) is 6.42. The Labute approximate surface area is 131 Å². The second-order valence-electron chi connectivity index (χ2n) is 5.51. The number of carbonyl (C=O) groups excluding carboxylic acids is 2. The minimum absolute atomic E-state index is 0.00406. The Morgan fingerprint density at radius 1 is 1.19 bits per heavy atom. The summed E-state index contributed by atoms with van der Waals surface area (Å²) in [6.07, 6.45) is 3.86. The lowest BCUT2D eigenvalue weighted by molar-refractivity contribution is -0.136. The molecular weight excluding hydrogens is 339 g/mol. The van der Waals surface area contributed by atoms with Crippen LogP contribution in [-0.4, -0.2) is 17.9 Å². The number of hydrogen-bond acceptors (Lipinski definition) is 2. The van der Waals surface area contributed by atoms with Gasteiger partial charge in [0.25, 0.3) is 0 Å². The molecule has 2 amide bonds. The highest BCUT2D eigenvalue weighted by molar-refractivity contribution is 9.10. The van der Waals surface area contributed by atoms with Gasteiger partial charge in [0, 0.05) is 10.5 Å². The summed E-state index contributed by atoms with van der Waals surface area (Å²) < 4.78 is 14.2. The molecule has 0 bridgehead atoms. The third-order valence-corrected chi connectivity index (χ3v) is 4.23. The van der Waals surface area contributed by atoms with E-state index < -0.39 is 17.6 Å². The zero-order chi connectivity index (χ0) is 15.4. The number of amides is 2. The van der Waals surface area contributed by atoms with Crippen molar-refractivity contribution in [1.82, 2.24) is 5.32 Å². The molecular formula is C15H18BrFN2O2. The molecule has 21 heavy (non-hydrogen) atoms. The molecule has 0 saturated heterocycles. The predicted octanol–water partition coefficient (Wildman–Crippen LogP) is 3.22. The molecule has 0 radical (unpaired) electrons. The van der Waals surface area contributed by atoms with Gasteiger partial charge in [0.1, 0.15) is 5.82 Å². The lowest BCUT2D eigenvalue weighted by Crippen LogP contribution is -2.43. The molecule has 2 rings (SSSR count). The number of halogens is 2. The fourth-order valence-corrected chi connectivity index (χ4v) is 2.76. The molecule has 6 heteroatoms. The van der Waals surface area contributed by atoms with E-state index in [2.05, 4.69) is 33.5 Å². The van der Waals surface area contributed by atoms with Crippen LogP contribution in [0.15, 0.2) is 22.7 Å². The average molecular weight is 357 g/mol. The quantitative estimate of drug-likeness (QED) is 0.799. The van der Waals surface area contributed by atoms with Crippen molar-refractivity contribution in [2.45, 2.75) is 38.6 Å². The molecule has 1 aromatic rings. The number of benzene rings is 1. The SMILES string of the molecule is CC1CCC(NC(=O)C(=O)Nc2ccc(Br)cc2F)CC1. The Kier molecular flexibility index (Phi) is 5.33. The van der Waals surface area contributed by atoms with Crippen LogP contribution in [0.3, 0.4) is 0 Å². The summed E-state index contributed by atoms with van der Waals surface area (Å²) in [5.74, 6) is -1.47. The van der Waals surface area contributed by atoms with Crippen LogP contribution in [0.2, 0.25) is 0 Å². The van der Waals surface area contributed by atoms with Crippen LogP contribution in [0, 0.1) is 11.7 Å². The van der Waals surface area contributed by atoms with Gasteiger partial charge in [-0.3, -0.25) is 9.59 Å². The van der Waals surface area contributed by atoms with Gasteiger partial charge in [-0.15, -0.1) is 0 Å².